The minimum Gasteiger partial charge on any atom is -0.368 e. The molecule has 1 unspecified atom stereocenters. The van der Waals surface area contributed by atoms with Gasteiger partial charge in [-0.05, 0) is 22.4 Å². The first-order chi connectivity index (χ1) is 7.09. The monoisotopic (exact) mass is 271 g/mol. The zero-order valence-electron chi connectivity index (χ0n) is 7.85. The maximum atomic E-state index is 11.1. The Morgan fingerprint density at radius 3 is 2.93 bits per heavy atom. The van der Waals surface area contributed by atoms with E-state index < -0.39 is 0 Å². The Balaban J connectivity index is 2.30. The second-order valence-electron chi connectivity index (χ2n) is 3.30. The van der Waals surface area contributed by atoms with Crippen molar-refractivity contribution < 1.29 is 4.79 Å². The Labute approximate surface area is 94.8 Å². The van der Waals surface area contributed by atoms with Crippen LogP contribution in [0, 0.1) is 0 Å². The molecule has 15 heavy (non-hydrogen) atoms. The Kier molecular flexibility index (Phi) is 2.47. The number of carbonyl (C=O) groups is 1. The van der Waals surface area contributed by atoms with Gasteiger partial charge >= 0.3 is 0 Å². The lowest BCUT2D eigenvalue weighted by molar-refractivity contribution is -0.120. The van der Waals surface area contributed by atoms with E-state index in [1.54, 1.807) is 6.20 Å². The van der Waals surface area contributed by atoms with Crippen molar-refractivity contribution >= 4 is 33.6 Å². The molecule has 0 spiro atoms. The second-order valence-corrected chi connectivity index (χ2v) is 4.15. The number of hydrogen-bond acceptors (Lipinski definition) is 5. The normalized spacial score (nSPS) is 19.8. The molecule has 1 atom stereocenters. The Bertz CT molecular complexity index is 410. The van der Waals surface area contributed by atoms with Gasteiger partial charge in [0.2, 0.25) is 11.9 Å². The third-order valence-electron chi connectivity index (χ3n) is 2.36. The van der Waals surface area contributed by atoms with Crippen molar-refractivity contribution in [2.24, 2.45) is 5.73 Å². The van der Waals surface area contributed by atoms with Gasteiger partial charge in [0.1, 0.15) is 11.9 Å². The Morgan fingerprint density at radius 2 is 2.40 bits per heavy atom. The summed E-state index contributed by atoms with van der Waals surface area (Å²) in [6.45, 7) is 0.753. The SMILES string of the molecule is NC(=O)C1CCN1c1nc(N)ncc1Br. The summed E-state index contributed by atoms with van der Waals surface area (Å²) in [6, 6.07) is -0.282. The number of primary amides is 1. The van der Waals surface area contributed by atoms with Gasteiger partial charge in [-0.1, -0.05) is 0 Å². The number of aromatic nitrogens is 2. The van der Waals surface area contributed by atoms with Gasteiger partial charge in [0, 0.05) is 12.7 Å². The summed E-state index contributed by atoms with van der Waals surface area (Å²) < 4.78 is 0.711. The molecule has 0 radical (unpaired) electrons. The fourth-order valence-corrected chi connectivity index (χ4v) is 1.93. The molecular weight excluding hydrogens is 262 g/mol. The predicted molar refractivity (Wildman–Crippen MR) is 59.1 cm³/mol. The van der Waals surface area contributed by atoms with Crippen LogP contribution in [-0.2, 0) is 4.79 Å². The number of nitrogen functional groups attached to an aromatic ring is 1. The molecule has 0 aliphatic carbocycles. The first-order valence-electron chi connectivity index (χ1n) is 4.43. The predicted octanol–water partition coefficient (Wildman–Crippen LogP) is -0.115. The van der Waals surface area contributed by atoms with E-state index in [-0.39, 0.29) is 17.9 Å². The van der Waals surface area contributed by atoms with E-state index in [4.69, 9.17) is 11.5 Å². The molecule has 1 aromatic rings. The topological polar surface area (TPSA) is 98.1 Å². The van der Waals surface area contributed by atoms with E-state index in [1.165, 1.54) is 0 Å². The third-order valence-corrected chi connectivity index (χ3v) is 2.92. The molecule has 1 fully saturated rings. The van der Waals surface area contributed by atoms with Crippen molar-refractivity contribution in [1.29, 1.82) is 0 Å². The van der Waals surface area contributed by atoms with Crippen LogP contribution in [0.1, 0.15) is 6.42 Å². The van der Waals surface area contributed by atoms with Crippen molar-refractivity contribution in [3.05, 3.63) is 10.7 Å². The largest absolute Gasteiger partial charge is 0.368 e. The van der Waals surface area contributed by atoms with Crippen LogP contribution < -0.4 is 16.4 Å². The fourth-order valence-electron chi connectivity index (χ4n) is 1.51. The molecule has 4 N–H and O–H groups in total. The lowest BCUT2D eigenvalue weighted by Gasteiger charge is -2.40. The van der Waals surface area contributed by atoms with Gasteiger partial charge in [-0.3, -0.25) is 4.79 Å². The highest BCUT2D eigenvalue weighted by Crippen LogP contribution is 2.30. The highest BCUT2D eigenvalue weighted by atomic mass is 79.9. The Morgan fingerprint density at radius 1 is 1.67 bits per heavy atom. The molecule has 2 rings (SSSR count). The zero-order valence-corrected chi connectivity index (χ0v) is 9.44. The molecule has 80 valence electrons. The smallest absolute Gasteiger partial charge is 0.240 e. The highest BCUT2D eigenvalue weighted by molar-refractivity contribution is 9.10. The fraction of sp³-hybridized carbons (Fsp3) is 0.375. The van der Waals surface area contributed by atoms with Crippen molar-refractivity contribution in [3.63, 3.8) is 0 Å². The molecule has 1 amide bonds. The third kappa shape index (κ3) is 1.74. The number of nitrogens with two attached hydrogens (primary N) is 2. The number of carbonyl (C=O) groups excluding carboxylic acids is 1. The zero-order chi connectivity index (χ0) is 11.0. The number of nitrogens with zero attached hydrogens (tertiary/aromatic N) is 3. The Hall–Kier alpha value is -1.37. The van der Waals surface area contributed by atoms with Gasteiger partial charge in [-0.2, -0.15) is 4.98 Å². The summed E-state index contributed by atoms with van der Waals surface area (Å²) in [5.74, 6) is 0.464. The average Bonchev–Trinajstić information content (AvgIpc) is 2.08. The number of amides is 1. The molecule has 0 aromatic carbocycles. The lowest BCUT2D eigenvalue weighted by atomic mass is 10.0. The maximum absolute atomic E-state index is 11.1. The van der Waals surface area contributed by atoms with Crippen molar-refractivity contribution in [2.75, 3.05) is 17.2 Å². The van der Waals surface area contributed by atoms with Gasteiger partial charge in [-0.25, -0.2) is 4.98 Å². The van der Waals surface area contributed by atoms with Crippen LogP contribution in [0.15, 0.2) is 10.7 Å². The van der Waals surface area contributed by atoms with E-state index in [1.807, 2.05) is 4.90 Å². The van der Waals surface area contributed by atoms with E-state index in [0.717, 1.165) is 13.0 Å². The summed E-state index contributed by atoms with van der Waals surface area (Å²) in [4.78, 5) is 20.8. The van der Waals surface area contributed by atoms with Crippen LogP contribution in [0.2, 0.25) is 0 Å². The van der Waals surface area contributed by atoms with E-state index >= 15 is 0 Å². The maximum Gasteiger partial charge on any atom is 0.240 e. The number of hydrogen-bond donors (Lipinski definition) is 2. The van der Waals surface area contributed by atoms with Gasteiger partial charge in [0.25, 0.3) is 0 Å². The minimum absolute atomic E-state index is 0.184. The molecule has 1 aliphatic heterocycles. The number of halogens is 1. The summed E-state index contributed by atoms with van der Waals surface area (Å²) in [5.41, 5.74) is 10.7. The number of rotatable bonds is 2. The van der Waals surface area contributed by atoms with Crippen molar-refractivity contribution in [2.45, 2.75) is 12.5 Å². The van der Waals surface area contributed by atoms with Gasteiger partial charge in [0.05, 0.1) is 4.47 Å². The van der Waals surface area contributed by atoms with Crippen LogP contribution >= 0.6 is 15.9 Å². The number of anilines is 2. The minimum atomic E-state index is -0.342. The molecule has 0 saturated carbocycles. The lowest BCUT2D eigenvalue weighted by Crippen LogP contribution is -2.55. The molecule has 6 nitrogen and oxygen atoms in total. The first-order valence-corrected chi connectivity index (χ1v) is 5.23. The summed E-state index contributed by atoms with van der Waals surface area (Å²) in [5, 5.41) is 0. The van der Waals surface area contributed by atoms with Crippen LogP contribution in [0.25, 0.3) is 0 Å². The molecule has 2 heterocycles. The molecule has 7 heteroatoms. The van der Waals surface area contributed by atoms with Crippen LogP contribution in [0.4, 0.5) is 11.8 Å². The van der Waals surface area contributed by atoms with Crippen molar-refractivity contribution in [3.8, 4) is 0 Å². The summed E-state index contributed by atoms with van der Waals surface area (Å²) >= 11 is 3.31. The van der Waals surface area contributed by atoms with Gasteiger partial charge in [0.15, 0.2) is 0 Å². The van der Waals surface area contributed by atoms with Crippen LogP contribution in [-0.4, -0.2) is 28.5 Å². The summed E-state index contributed by atoms with van der Waals surface area (Å²) in [6.07, 6.45) is 2.32. The molecule has 1 saturated heterocycles. The molecule has 1 aromatic heterocycles. The van der Waals surface area contributed by atoms with E-state index in [2.05, 4.69) is 25.9 Å². The average molecular weight is 272 g/mol. The van der Waals surface area contributed by atoms with Crippen LogP contribution in [0.5, 0.6) is 0 Å². The van der Waals surface area contributed by atoms with Gasteiger partial charge in [-0.15, -0.1) is 0 Å². The first kappa shape index (κ1) is 10.2. The second kappa shape index (κ2) is 3.65. The van der Waals surface area contributed by atoms with Gasteiger partial charge < -0.3 is 16.4 Å². The standard InChI is InChI=1S/C8H10BrN5O/c9-4-3-12-8(11)13-7(4)14-2-1-5(14)6(10)15/h3,5H,1-2H2,(H2,10,15)(H2,11,12,13). The molecule has 0 bridgehead atoms. The summed E-state index contributed by atoms with van der Waals surface area (Å²) in [7, 11) is 0. The van der Waals surface area contributed by atoms with E-state index in [0.29, 0.717) is 10.3 Å². The molecule has 1 aliphatic rings. The van der Waals surface area contributed by atoms with Crippen molar-refractivity contribution in [1.82, 2.24) is 9.97 Å². The van der Waals surface area contributed by atoms with E-state index in [9.17, 15) is 4.79 Å². The quantitative estimate of drug-likeness (QED) is 0.782. The molecular formula is C8H10BrN5O. The highest BCUT2D eigenvalue weighted by Gasteiger charge is 2.34. The van der Waals surface area contributed by atoms with Crippen LogP contribution in [0.3, 0.4) is 0 Å².